The molecule has 0 spiro atoms. The summed E-state index contributed by atoms with van der Waals surface area (Å²) in [6, 6.07) is 0.378. The Morgan fingerprint density at radius 2 is 2.19 bits per heavy atom. The van der Waals surface area contributed by atoms with Gasteiger partial charge in [-0.3, -0.25) is 0 Å². The number of methoxy groups -OCH3 is 1. The number of aliphatic hydroxyl groups excluding tert-OH is 1. The summed E-state index contributed by atoms with van der Waals surface area (Å²) in [5.41, 5.74) is 0.739. The van der Waals surface area contributed by atoms with Gasteiger partial charge in [-0.15, -0.1) is 11.3 Å². The molecule has 0 bridgehead atoms. The number of nitrogens with zero attached hydrogens (tertiary/aromatic N) is 2. The molecule has 92 valence electrons. The van der Waals surface area contributed by atoms with Gasteiger partial charge in [-0.25, -0.2) is 4.98 Å². The van der Waals surface area contributed by atoms with Crippen LogP contribution < -0.4 is 4.90 Å². The van der Waals surface area contributed by atoms with E-state index in [4.69, 9.17) is 4.74 Å². The quantitative estimate of drug-likeness (QED) is 0.832. The van der Waals surface area contributed by atoms with E-state index in [-0.39, 0.29) is 0 Å². The summed E-state index contributed by atoms with van der Waals surface area (Å²) in [5.74, 6) is 0. The molecule has 0 saturated heterocycles. The normalized spacial score (nSPS) is 13.1. The fourth-order valence-electron chi connectivity index (χ4n) is 1.36. The van der Waals surface area contributed by atoms with Gasteiger partial charge < -0.3 is 14.7 Å². The zero-order valence-electron chi connectivity index (χ0n) is 10.3. The summed E-state index contributed by atoms with van der Waals surface area (Å²) in [7, 11) is 1.70. The highest BCUT2D eigenvalue weighted by Crippen LogP contribution is 2.25. The third-order valence-corrected chi connectivity index (χ3v) is 3.24. The maximum atomic E-state index is 9.43. The molecular weight excluding hydrogens is 224 g/mol. The van der Waals surface area contributed by atoms with E-state index in [2.05, 4.69) is 23.7 Å². The molecule has 4 nitrogen and oxygen atoms in total. The Balaban J connectivity index is 2.76. The van der Waals surface area contributed by atoms with Crippen LogP contribution in [0, 0.1) is 0 Å². The summed E-state index contributed by atoms with van der Waals surface area (Å²) >= 11 is 1.56. The van der Waals surface area contributed by atoms with Crippen LogP contribution in [0.5, 0.6) is 0 Å². The first kappa shape index (κ1) is 13.4. The van der Waals surface area contributed by atoms with Crippen LogP contribution in [-0.2, 0) is 4.74 Å². The number of ether oxygens (including phenoxy) is 1. The van der Waals surface area contributed by atoms with Crippen LogP contribution >= 0.6 is 11.3 Å². The monoisotopic (exact) mass is 244 g/mol. The van der Waals surface area contributed by atoms with Crippen LogP contribution in [0.15, 0.2) is 5.38 Å². The second kappa shape index (κ2) is 6.18. The largest absolute Gasteiger partial charge is 0.387 e. The molecule has 0 aromatic carbocycles. The smallest absolute Gasteiger partial charge is 0.185 e. The van der Waals surface area contributed by atoms with E-state index in [1.54, 1.807) is 25.4 Å². The Kier molecular flexibility index (Phi) is 5.18. The molecule has 0 aliphatic rings. The summed E-state index contributed by atoms with van der Waals surface area (Å²) in [5, 5.41) is 12.3. The van der Waals surface area contributed by atoms with E-state index in [1.807, 2.05) is 5.38 Å². The van der Waals surface area contributed by atoms with E-state index < -0.39 is 6.10 Å². The molecule has 0 aliphatic carbocycles. The van der Waals surface area contributed by atoms with Crippen molar-refractivity contribution >= 4 is 16.5 Å². The highest BCUT2D eigenvalue weighted by Gasteiger charge is 2.15. The predicted octanol–water partition coefficient (Wildman–Crippen LogP) is 2.06. The Hall–Kier alpha value is -0.650. The number of aliphatic hydroxyl groups is 1. The summed E-state index contributed by atoms with van der Waals surface area (Å²) in [6.07, 6.45) is -0.499. The minimum absolute atomic E-state index is 0.378. The Bertz CT molecular complexity index is 313. The maximum absolute atomic E-state index is 9.43. The number of rotatable bonds is 6. The average Bonchev–Trinajstić information content (AvgIpc) is 2.67. The van der Waals surface area contributed by atoms with Gasteiger partial charge in [0.05, 0.1) is 18.4 Å². The summed E-state index contributed by atoms with van der Waals surface area (Å²) in [6.45, 7) is 7.48. The van der Waals surface area contributed by atoms with Crippen LogP contribution in [0.4, 0.5) is 5.13 Å². The van der Waals surface area contributed by atoms with Gasteiger partial charge in [-0.05, 0) is 20.8 Å². The lowest BCUT2D eigenvalue weighted by Gasteiger charge is -2.25. The van der Waals surface area contributed by atoms with Crippen molar-refractivity contribution in [3.05, 3.63) is 11.1 Å². The van der Waals surface area contributed by atoms with Crippen molar-refractivity contribution in [3.63, 3.8) is 0 Å². The fraction of sp³-hybridized carbons (Fsp3) is 0.727. The second-order valence-electron chi connectivity index (χ2n) is 4.01. The first-order chi connectivity index (χ1) is 7.56. The number of hydrogen-bond acceptors (Lipinski definition) is 5. The molecule has 0 saturated carbocycles. The third kappa shape index (κ3) is 3.43. The fourth-order valence-corrected chi connectivity index (χ4v) is 2.44. The van der Waals surface area contributed by atoms with Crippen molar-refractivity contribution in [1.82, 2.24) is 4.98 Å². The van der Waals surface area contributed by atoms with Crippen molar-refractivity contribution in [2.24, 2.45) is 0 Å². The van der Waals surface area contributed by atoms with Crippen molar-refractivity contribution in [3.8, 4) is 0 Å². The highest BCUT2D eigenvalue weighted by molar-refractivity contribution is 7.13. The van der Waals surface area contributed by atoms with Gasteiger partial charge in [0.15, 0.2) is 5.13 Å². The lowest BCUT2D eigenvalue weighted by molar-refractivity contribution is 0.195. The first-order valence-electron chi connectivity index (χ1n) is 5.45. The molecule has 1 aromatic heterocycles. The van der Waals surface area contributed by atoms with Crippen molar-refractivity contribution in [2.45, 2.75) is 32.9 Å². The van der Waals surface area contributed by atoms with Gasteiger partial charge in [-0.1, -0.05) is 0 Å². The molecular formula is C11H20N2O2S. The van der Waals surface area contributed by atoms with Crippen molar-refractivity contribution in [1.29, 1.82) is 0 Å². The molecule has 1 atom stereocenters. The molecule has 0 fully saturated rings. The van der Waals surface area contributed by atoms with E-state index in [1.165, 1.54) is 0 Å². The number of aromatic nitrogens is 1. The average molecular weight is 244 g/mol. The lowest BCUT2D eigenvalue weighted by atomic mass is 10.3. The molecule has 1 heterocycles. The van der Waals surface area contributed by atoms with Gasteiger partial charge in [0, 0.05) is 25.1 Å². The van der Waals surface area contributed by atoms with Gasteiger partial charge in [0.2, 0.25) is 0 Å². The van der Waals surface area contributed by atoms with Crippen LogP contribution in [0.2, 0.25) is 0 Å². The molecule has 1 N–H and O–H groups in total. The minimum atomic E-state index is -0.499. The van der Waals surface area contributed by atoms with Gasteiger partial charge in [0.25, 0.3) is 0 Å². The summed E-state index contributed by atoms with van der Waals surface area (Å²) in [4.78, 5) is 6.60. The van der Waals surface area contributed by atoms with Crippen molar-refractivity contribution < 1.29 is 9.84 Å². The third-order valence-electron chi connectivity index (χ3n) is 2.34. The number of hydrogen-bond donors (Lipinski definition) is 1. The number of anilines is 1. The summed E-state index contributed by atoms with van der Waals surface area (Å²) < 4.78 is 5.08. The molecule has 1 aromatic rings. The Labute approximate surface area is 101 Å². The second-order valence-corrected chi connectivity index (χ2v) is 4.85. The molecule has 1 rings (SSSR count). The van der Waals surface area contributed by atoms with Crippen LogP contribution in [0.3, 0.4) is 0 Å². The highest BCUT2D eigenvalue weighted by atomic mass is 32.1. The van der Waals surface area contributed by atoms with E-state index >= 15 is 0 Å². The van der Waals surface area contributed by atoms with Gasteiger partial charge >= 0.3 is 0 Å². The first-order valence-corrected chi connectivity index (χ1v) is 6.33. The van der Waals surface area contributed by atoms with Crippen LogP contribution in [0.1, 0.15) is 32.6 Å². The molecule has 0 radical (unpaired) electrons. The Morgan fingerprint density at radius 3 is 2.62 bits per heavy atom. The zero-order chi connectivity index (χ0) is 12.1. The molecule has 0 aliphatic heterocycles. The van der Waals surface area contributed by atoms with Gasteiger partial charge in [0.1, 0.15) is 0 Å². The lowest BCUT2D eigenvalue weighted by Crippen LogP contribution is -2.33. The topological polar surface area (TPSA) is 45.6 Å². The zero-order valence-corrected chi connectivity index (χ0v) is 11.1. The SMILES string of the molecule is COCCN(c1nc(C(C)O)cs1)C(C)C. The molecule has 16 heavy (non-hydrogen) atoms. The predicted molar refractivity (Wildman–Crippen MR) is 67.1 cm³/mol. The van der Waals surface area contributed by atoms with Crippen molar-refractivity contribution in [2.75, 3.05) is 25.2 Å². The molecule has 5 heteroatoms. The molecule has 0 amide bonds. The number of thiazole rings is 1. The molecule has 1 unspecified atom stereocenters. The van der Waals surface area contributed by atoms with Crippen LogP contribution in [-0.4, -0.2) is 36.4 Å². The van der Waals surface area contributed by atoms with Gasteiger partial charge in [-0.2, -0.15) is 0 Å². The standard InChI is InChI=1S/C11H20N2O2S/c1-8(2)13(5-6-15-4)11-12-10(7-16-11)9(3)14/h7-9,14H,5-6H2,1-4H3. The Morgan fingerprint density at radius 1 is 1.50 bits per heavy atom. The van der Waals surface area contributed by atoms with E-state index in [0.717, 1.165) is 17.4 Å². The minimum Gasteiger partial charge on any atom is -0.387 e. The van der Waals surface area contributed by atoms with Crippen LogP contribution in [0.25, 0.3) is 0 Å². The maximum Gasteiger partial charge on any atom is 0.185 e. The van der Waals surface area contributed by atoms with E-state index in [0.29, 0.717) is 12.6 Å². The van der Waals surface area contributed by atoms with E-state index in [9.17, 15) is 5.11 Å².